The third kappa shape index (κ3) is 3.00. The fourth-order valence-corrected chi connectivity index (χ4v) is 3.58. The van der Waals surface area contributed by atoms with E-state index < -0.39 is 14.9 Å². The molecule has 0 heterocycles. The van der Waals surface area contributed by atoms with Crippen LogP contribution in [0.1, 0.15) is 0 Å². The summed E-state index contributed by atoms with van der Waals surface area (Å²) in [6.07, 6.45) is 0. The summed E-state index contributed by atoms with van der Waals surface area (Å²) in [6.45, 7) is 0. The molecule has 3 rings (SSSR count). The first-order valence-corrected chi connectivity index (χ1v) is 8.21. The maximum Gasteiger partial charge on any atom is 0.269 e. The van der Waals surface area contributed by atoms with E-state index in [-0.39, 0.29) is 16.3 Å². The number of non-ortho nitro benzene ring substituents is 1. The van der Waals surface area contributed by atoms with Crippen LogP contribution in [0.4, 0.5) is 11.4 Å². The molecule has 0 unspecified atom stereocenters. The Labute approximate surface area is 132 Å². The van der Waals surface area contributed by atoms with Crippen LogP contribution in [0.5, 0.6) is 0 Å². The molecule has 0 aliphatic carbocycles. The number of nitro groups is 1. The van der Waals surface area contributed by atoms with E-state index in [0.29, 0.717) is 5.39 Å². The maximum atomic E-state index is 12.6. The highest BCUT2D eigenvalue weighted by atomic mass is 32.2. The summed E-state index contributed by atoms with van der Waals surface area (Å²) in [5.41, 5.74) is 0.168. The quantitative estimate of drug-likeness (QED) is 0.586. The number of anilines is 1. The van der Waals surface area contributed by atoms with Crippen LogP contribution in [0.15, 0.2) is 71.6 Å². The first kappa shape index (κ1) is 15.0. The van der Waals surface area contributed by atoms with E-state index in [1.807, 2.05) is 18.2 Å². The van der Waals surface area contributed by atoms with Crippen LogP contribution in [-0.4, -0.2) is 13.3 Å². The molecule has 0 aromatic heterocycles. The fraction of sp³-hybridized carbons (Fsp3) is 0. The molecular formula is C16H12N2O4S. The van der Waals surface area contributed by atoms with Gasteiger partial charge in [0.1, 0.15) is 0 Å². The van der Waals surface area contributed by atoms with Crippen molar-refractivity contribution in [3.05, 3.63) is 76.8 Å². The molecule has 116 valence electrons. The van der Waals surface area contributed by atoms with Gasteiger partial charge in [-0.2, -0.15) is 0 Å². The van der Waals surface area contributed by atoms with E-state index in [4.69, 9.17) is 0 Å². The molecule has 0 amide bonds. The topological polar surface area (TPSA) is 89.3 Å². The molecule has 1 N–H and O–H groups in total. The summed E-state index contributed by atoms with van der Waals surface area (Å²) in [4.78, 5) is 10.3. The number of nitrogens with one attached hydrogen (secondary N) is 1. The summed E-state index contributed by atoms with van der Waals surface area (Å²) < 4.78 is 27.6. The number of rotatable bonds is 4. The molecule has 23 heavy (non-hydrogen) atoms. The monoisotopic (exact) mass is 328 g/mol. The second kappa shape index (κ2) is 5.69. The highest BCUT2D eigenvalue weighted by Crippen LogP contribution is 2.25. The number of benzene rings is 3. The van der Waals surface area contributed by atoms with Crippen LogP contribution in [0, 0.1) is 10.1 Å². The lowest BCUT2D eigenvalue weighted by atomic mass is 10.1. The minimum absolute atomic E-state index is 0.0990. The van der Waals surface area contributed by atoms with Crippen LogP contribution in [0.3, 0.4) is 0 Å². The predicted octanol–water partition coefficient (Wildman–Crippen LogP) is 3.55. The second-order valence-corrected chi connectivity index (χ2v) is 6.54. The average molecular weight is 328 g/mol. The number of fused-ring (bicyclic) bond motifs is 1. The van der Waals surface area contributed by atoms with E-state index >= 15 is 0 Å². The molecule has 0 saturated carbocycles. The number of sulfonamides is 1. The largest absolute Gasteiger partial charge is 0.280 e. The van der Waals surface area contributed by atoms with Gasteiger partial charge >= 0.3 is 0 Å². The molecule has 3 aromatic carbocycles. The molecule has 7 heteroatoms. The molecular weight excluding hydrogens is 316 g/mol. The molecule has 0 spiro atoms. The van der Waals surface area contributed by atoms with Crippen LogP contribution >= 0.6 is 0 Å². The second-order valence-electron chi connectivity index (χ2n) is 4.89. The van der Waals surface area contributed by atoms with Crippen molar-refractivity contribution in [1.29, 1.82) is 0 Å². The van der Waals surface area contributed by atoms with Gasteiger partial charge < -0.3 is 0 Å². The van der Waals surface area contributed by atoms with Gasteiger partial charge in [0.15, 0.2) is 0 Å². The average Bonchev–Trinajstić information content (AvgIpc) is 2.54. The number of nitrogens with zero attached hydrogens (tertiary/aromatic N) is 1. The maximum absolute atomic E-state index is 12.6. The third-order valence-corrected chi connectivity index (χ3v) is 4.81. The molecule has 0 fully saturated rings. The van der Waals surface area contributed by atoms with Gasteiger partial charge in [0.05, 0.1) is 9.82 Å². The first-order chi connectivity index (χ1) is 11.0. The molecule has 0 saturated heterocycles. The predicted molar refractivity (Wildman–Crippen MR) is 87.9 cm³/mol. The number of hydrogen-bond acceptors (Lipinski definition) is 4. The Hall–Kier alpha value is -2.93. The van der Waals surface area contributed by atoms with Gasteiger partial charge in [-0.15, -0.1) is 0 Å². The SMILES string of the molecule is O=[N+]([O-])c1ccc(NS(=O)(=O)c2cccc3ccccc23)cc1. The Kier molecular flexibility index (Phi) is 3.71. The van der Waals surface area contributed by atoms with Crippen molar-refractivity contribution in [3.8, 4) is 0 Å². The Morgan fingerprint density at radius 3 is 2.22 bits per heavy atom. The lowest BCUT2D eigenvalue weighted by Crippen LogP contribution is -2.13. The lowest BCUT2D eigenvalue weighted by Gasteiger charge is -2.10. The van der Waals surface area contributed by atoms with E-state index in [1.165, 1.54) is 30.3 Å². The molecule has 0 bridgehead atoms. The van der Waals surface area contributed by atoms with E-state index in [2.05, 4.69) is 4.72 Å². The van der Waals surface area contributed by atoms with Gasteiger partial charge in [-0.05, 0) is 23.6 Å². The van der Waals surface area contributed by atoms with Crippen LogP contribution < -0.4 is 4.72 Å². The summed E-state index contributed by atoms with van der Waals surface area (Å²) in [5.74, 6) is 0. The summed E-state index contributed by atoms with van der Waals surface area (Å²) in [7, 11) is -3.79. The standard InChI is InChI=1S/C16H12N2O4S/c19-18(20)14-10-8-13(9-11-14)17-23(21,22)16-7-3-5-12-4-1-2-6-15(12)16/h1-11,17H. The molecule has 6 nitrogen and oxygen atoms in total. The molecule has 0 aliphatic heterocycles. The van der Waals surface area contributed by atoms with Gasteiger partial charge in [-0.1, -0.05) is 36.4 Å². The smallest absolute Gasteiger partial charge is 0.269 e. The number of nitro benzene ring substituents is 1. The Morgan fingerprint density at radius 1 is 0.870 bits per heavy atom. The molecule has 0 atom stereocenters. The Morgan fingerprint density at radius 2 is 1.52 bits per heavy atom. The summed E-state index contributed by atoms with van der Waals surface area (Å²) in [5, 5.41) is 12.1. The third-order valence-electron chi connectivity index (χ3n) is 3.37. The van der Waals surface area contributed by atoms with Crippen molar-refractivity contribution in [2.45, 2.75) is 4.90 Å². The van der Waals surface area contributed by atoms with Gasteiger partial charge in [0.25, 0.3) is 15.7 Å². The minimum atomic E-state index is -3.79. The van der Waals surface area contributed by atoms with Gasteiger partial charge in [0, 0.05) is 23.2 Å². The van der Waals surface area contributed by atoms with Crippen molar-refractivity contribution < 1.29 is 13.3 Å². The fourth-order valence-electron chi connectivity index (χ4n) is 2.29. The Bertz CT molecular complexity index is 977. The highest BCUT2D eigenvalue weighted by Gasteiger charge is 2.17. The Balaban J connectivity index is 1.99. The van der Waals surface area contributed by atoms with Crippen LogP contribution in [0.2, 0.25) is 0 Å². The van der Waals surface area contributed by atoms with Crippen molar-refractivity contribution in [3.63, 3.8) is 0 Å². The van der Waals surface area contributed by atoms with E-state index in [1.54, 1.807) is 18.2 Å². The molecule has 3 aromatic rings. The van der Waals surface area contributed by atoms with Gasteiger partial charge in [-0.3, -0.25) is 14.8 Å². The van der Waals surface area contributed by atoms with E-state index in [0.717, 1.165) is 5.39 Å². The van der Waals surface area contributed by atoms with Gasteiger partial charge in [-0.25, -0.2) is 8.42 Å². The van der Waals surface area contributed by atoms with Crippen molar-refractivity contribution >= 4 is 32.2 Å². The van der Waals surface area contributed by atoms with Crippen LogP contribution in [0.25, 0.3) is 10.8 Å². The first-order valence-electron chi connectivity index (χ1n) is 6.72. The van der Waals surface area contributed by atoms with Crippen LogP contribution in [-0.2, 0) is 10.0 Å². The van der Waals surface area contributed by atoms with Gasteiger partial charge in [0.2, 0.25) is 0 Å². The molecule has 0 radical (unpaired) electrons. The normalized spacial score (nSPS) is 11.3. The van der Waals surface area contributed by atoms with Crippen molar-refractivity contribution in [2.24, 2.45) is 0 Å². The minimum Gasteiger partial charge on any atom is -0.280 e. The van der Waals surface area contributed by atoms with E-state index in [9.17, 15) is 18.5 Å². The number of hydrogen-bond donors (Lipinski definition) is 1. The summed E-state index contributed by atoms with van der Waals surface area (Å²) in [6, 6.07) is 17.4. The zero-order chi connectivity index (χ0) is 16.4. The molecule has 0 aliphatic rings. The highest BCUT2D eigenvalue weighted by molar-refractivity contribution is 7.93. The lowest BCUT2D eigenvalue weighted by molar-refractivity contribution is -0.384. The zero-order valence-electron chi connectivity index (χ0n) is 11.8. The van der Waals surface area contributed by atoms with Crippen molar-refractivity contribution in [2.75, 3.05) is 4.72 Å². The van der Waals surface area contributed by atoms with Crippen molar-refractivity contribution in [1.82, 2.24) is 0 Å². The summed E-state index contributed by atoms with van der Waals surface area (Å²) >= 11 is 0. The zero-order valence-corrected chi connectivity index (χ0v) is 12.7.